The molecule has 0 heterocycles. The van der Waals surface area contributed by atoms with Crippen molar-refractivity contribution in [1.29, 1.82) is 0 Å². The van der Waals surface area contributed by atoms with Crippen molar-refractivity contribution in [3.8, 4) is 0 Å². The fraction of sp³-hybridized carbons (Fsp3) is 1.00. The first kappa shape index (κ1) is 4.09. The molecule has 1 unspecified atom stereocenters. The first-order chi connectivity index (χ1) is 2.80. The summed E-state index contributed by atoms with van der Waals surface area (Å²) in [5.74, 6) is 0.324. The van der Waals surface area contributed by atoms with Gasteiger partial charge in [0.05, 0.1) is 0 Å². The van der Waals surface area contributed by atoms with E-state index >= 15 is 0 Å². The fourth-order valence-electron chi connectivity index (χ4n) is 0.412. The topological polar surface area (TPSA) is 44.0 Å². The molecule has 1 fully saturated rings. The highest BCUT2D eigenvalue weighted by molar-refractivity contribution is 4.76. The Morgan fingerprint density at radius 3 is 2.17 bits per heavy atom. The number of hydrogen-bond donors (Lipinski definition) is 1. The minimum atomic E-state index is -0.787. The quantitative estimate of drug-likeness (QED) is 0.479. The lowest BCUT2D eigenvalue weighted by Gasteiger charge is -1.93. The molecule has 2 heteroatoms. The van der Waals surface area contributed by atoms with Gasteiger partial charge in [0.2, 0.25) is 0 Å². The summed E-state index contributed by atoms with van der Waals surface area (Å²) >= 11 is 0. The van der Waals surface area contributed by atoms with Gasteiger partial charge in [-0.25, -0.2) is 5.73 Å². The highest BCUT2D eigenvalue weighted by Crippen LogP contribution is 2.30. The van der Waals surface area contributed by atoms with E-state index in [1.807, 2.05) is 0 Å². The molecular formula is C4H8NO. The second-order valence-electron chi connectivity index (χ2n) is 1.78. The molecular weight excluding hydrogens is 78.0 g/mol. The fourth-order valence-corrected chi connectivity index (χ4v) is 0.412. The molecule has 0 saturated heterocycles. The SMILES string of the molecule is [NH]C(O)C1CC1. The smallest absolute Gasteiger partial charge is 0.120 e. The lowest BCUT2D eigenvalue weighted by Crippen LogP contribution is -2.08. The largest absolute Gasteiger partial charge is 0.377 e. The molecule has 1 aliphatic rings. The van der Waals surface area contributed by atoms with Crippen LogP contribution in [0.5, 0.6) is 0 Å². The molecule has 1 atom stereocenters. The van der Waals surface area contributed by atoms with Gasteiger partial charge in [-0.05, 0) is 18.8 Å². The van der Waals surface area contributed by atoms with E-state index in [9.17, 15) is 0 Å². The van der Waals surface area contributed by atoms with Gasteiger partial charge in [-0.15, -0.1) is 0 Å². The van der Waals surface area contributed by atoms with E-state index in [0.717, 1.165) is 12.8 Å². The molecule has 0 bridgehead atoms. The summed E-state index contributed by atoms with van der Waals surface area (Å²) in [5, 5.41) is 8.36. The van der Waals surface area contributed by atoms with E-state index in [0.29, 0.717) is 5.92 Å². The summed E-state index contributed by atoms with van der Waals surface area (Å²) in [4.78, 5) is 0. The van der Waals surface area contributed by atoms with Gasteiger partial charge in [0.25, 0.3) is 0 Å². The third-order valence-corrected chi connectivity index (χ3v) is 1.07. The van der Waals surface area contributed by atoms with Crippen LogP contribution in [-0.2, 0) is 0 Å². The molecule has 0 aliphatic heterocycles. The summed E-state index contributed by atoms with van der Waals surface area (Å²) in [7, 11) is 0. The van der Waals surface area contributed by atoms with Crippen LogP contribution < -0.4 is 5.73 Å². The summed E-state index contributed by atoms with van der Waals surface area (Å²) < 4.78 is 0. The first-order valence-electron chi connectivity index (χ1n) is 2.20. The second kappa shape index (κ2) is 1.21. The zero-order valence-corrected chi connectivity index (χ0v) is 3.52. The number of hydrogen-bond acceptors (Lipinski definition) is 1. The van der Waals surface area contributed by atoms with Gasteiger partial charge in [-0.1, -0.05) is 0 Å². The van der Waals surface area contributed by atoms with Gasteiger partial charge < -0.3 is 5.11 Å². The van der Waals surface area contributed by atoms with Gasteiger partial charge in [-0.3, -0.25) is 0 Å². The van der Waals surface area contributed by atoms with Crippen LogP contribution in [0.4, 0.5) is 0 Å². The molecule has 2 N–H and O–H groups in total. The van der Waals surface area contributed by atoms with Crippen molar-refractivity contribution in [2.24, 2.45) is 5.92 Å². The third-order valence-electron chi connectivity index (χ3n) is 1.07. The maximum Gasteiger partial charge on any atom is 0.120 e. The maximum absolute atomic E-state index is 8.36. The van der Waals surface area contributed by atoms with E-state index in [1.165, 1.54) is 0 Å². The summed E-state index contributed by atoms with van der Waals surface area (Å²) in [6.45, 7) is 0. The summed E-state index contributed by atoms with van der Waals surface area (Å²) in [6, 6.07) is 0. The molecule has 0 amide bonds. The molecule has 1 aliphatic carbocycles. The van der Waals surface area contributed by atoms with E-state index in [4.69, 9.17) is 10.8 Å². The summed E-state index contributed by atoms with van der Waals surface area (Å²) in [6.07, 6.45) is 1.33. The van der Waals surface area contributed by atoms with Crippen molar-refractivity contribution < 1.29 is 5.11 Å². The van der Waals surface area contributed by atoms with Crippen molar-refractivity contribution in [3.05, 3.63) is 0 Å². The van der Waals surface area contributed by atoms with E-state index < -0.39 is 6.23 Å². The standard InChI is InChI=1S/C4H8NO/c5-4(6)3-1-2-3/h3-6H,1-2H2. The van der Waals surface area contributed by atoms with Crippen molar-refractivity contribution in [2.75, 3.05) is 0 Å². The Hall–Kier alpha value is -0.0800. The lowest BCUT2D eigenvalue weighted by molar-refractivity contribution is 0.151. The molecule has 35 valence electrons. The molecule has 0 aromatic heterocycles. The predicted molar refractivity (Wildman–Crippen MR) is 21.8 cm³/mol. The van der Waals surface area contributed by atoms with Crippen molar-refractivity contribution in [2.45, 2.75) is 19.1 Å². The van der Waals surface area contributed by atoms with Crippen LogP contribution >= 0.6 is 0 Å². The zero-order chi connectivity index (χ0) is 4.57. The van der Waals surface area contributed by atoms with Gasteiger partial charge in [-0.2, -0.15) is 0 Å². The highest BCUT2D eigenvalue weighted by Gasteiger charge is 2.26. The minimum absolute atomic E-state index is 0.324. The van der Waals surface area contributed by atoms with Crippen LogP contribution in [0.2, 0.25) is 0 Å². The molecule has 1 radical (unpaired) electrons. The van der Waals surface area contributed by atoms with Crippen LogP contribution in [0.3, 0.4) is 0 Å². The van der Waals surface area contributed by atoms with E-state index in [1.54, 1.807) is 0 Å². The Labute approximate surface area is 37.0 Å². The molecule has 0 aromatic carbocycles. The van der Waals surface area contributed by atoms with Gasteiger partial charge in [0, 0.05) is 0 Å². The van der Waals surface area contributed by atoms with Crippen LogP contribution in [0, 0.1) is 5.92 Å². The monoisotopic (exact) mass is 86.1 g/mol. The van der Waals surface area contributed by atoms with Crippen LogP contribution in [-0.4, -0.2) is 11.3 Å². The van der Waals surface area contributed by atoms with Crippen molar-refractivity contribution >= 4 is 0 Å². The maximum atomic E-state index is 8.36. The molecule has 0 spiro atoms. The van der Waals surface area contributed by atoms with Crippen LogP contribution in [0.25, 0.3) is 0 Å². The minimum Gasteiger partial charge on any atom is -0.377 e. The molecule has 6 heavy (non-hydrogen) atoms. The second-order valence-corrected chi connectivity index (χ2v) is 1.78. The third kappa shape index (κ3) is 0.698. The van der Waals surface area contributed by atoms with Crippen LogP contribution in [0.15, 0.2) is 0 Å². The Bertz CT molecular complexity index is 49.5. The van der Waals surface area contributed by atoms with E-state index in [-0.39, 0.29) is 0 Å². The van der Waals surface area contributed by atoms with Gasteiger partial charge >= 0.3 is 0 Å². The molecule has 1 rings (SSSR count). The highest BCUT2D eigenvalue weighted by atomic mass is 16.3. The lowest BCUT2D eigenvalue weighted by atomic mass is 10.4. The normalized spacial score (nSPS) is 27.0. The van der Waals surface area contributed by atoms with Gasteiger partial charge in [0.1, 0.15) is 6.23 Å². The van der Waals surface area contributed by atoms with Crippen LogP contribution in [0.1, 0.15) is 12.8 Å². The molecule has 1 saturated carbocycles. The number of aliphatic hydroxyl groups excluding tert-OH is 1. The van der Waals surface area contributed by atoms with E-state index in [2.05, 4.69) is 0 Å². The predicted octanol–water partition coefficient (Wildman–Crippen LogP) is -0.00230. The summed E-state index contributed by atoms with van der Waals surface area (Å²) in [5.41, 5.74) is 6.65. The Morgan fingerprint density at radius 1 is 1.67 bits per heavy atom. The number of aliphatic hydroxyl groups is 1. The number of rotatable bonds is 1. The van der Waals surface area contributed by atoms with Crippen molar-refractivity contribution in [1.82, 2.24) is 5.73 Å². The average Bonchev–Trinajstić information content (AvgIpc) is 2.06. The molecule has 0 aromatic rings. The van der Waals surface area contributed by atoms with Crippen molar-refractivity contribution in [3.63, 3.8) is 0 Å². The Morgan fingerprint density at radius 2 is 2.17 bits per heavy atom. The Kier molecular flexibility index (Phi) is 0.821. The van der Waals surface area contributed by atoms with Gasteiger partial charge in [0.15, 0.2) is 0 Å². The molecule has 2 nitrogen and oxygen atoms in total. The first-order valence-corrected chi connectivity index (χ1v) is 2.20. The number of nitrogens with one attached hydrogen (secondary N) is 1. The Balaban J connectivity index is 2.13. The average molecular weight is 86.1 g/mol. The zero-order valence-electron chi connectivity index (χ0n) is 3.52.